The number of hydrogen-bond donors (Lipinski definition) is 2. The molecular formula is C26H29N3O5S. The highest BCUT2D eigenvalue weighted by Gasteiger charge is 2.31. The predicted molar refractivity (Wildman–Crippen MR) is 135 cm³/mol. The lowest BCUT2D eigenvalue weighted by atomic mass is 10.1. The Morgan fingerprint density at radius 3 is 2.31 bits per heavy atom. The van der Waals surface area contributed by atoms with Crippen LogP contribution in [-0.4, -0.2) is 60.7 Å². The monoisotopic (exact) mass is 495 g/mol. The molecule has 2 N–H and O–H groups in total. The maximum atomic E-state index is 13.1. The summed E-state index contributed by atoms with van der Waals surface area (Å²) in [7, 11) is -3.63. The van der Waals surface area contributed by atoms with Gasteiger partial charge in [0.2, 0.25) is 21.8 Å². The second-order valence-corrected chi connectivity index (χ2v) is 10.7. The Balaban J connectivity index is 1.31. The van der Waals surface area contributed by atoms with Crippen LogP contribution < -0.4 is 5.32 Å². The highest BCUT2D eigenvalue weighted by molar-refractivity contribution is 7.89. The third kappa shape index (κ3) is 5.31. The van der Waals surface area contributed by atoms with Crippen molar-refractivity contribution in [1.29, 1.82) is 0 Å². The molecule has 0 unspecified atom stereocenters. The van der Waals surface area contributed by atoms with Gasteiger partial charge in [-0.1, -0.05) is 36.4 Å². The second kappa shape index (κ2) is 10.1. The van der Waals surface area contributed by atoms with E-state index in [2.05, 4.69) is 5.32 Å². The molecule has 3 aromatic carbocycles. The lowest BCUT2D eigenvalue weighted by Gasteiger charge is -2.34. The summed E-state index contributed by atoms with van der Waals surface area (Å²) >= 11 is 0. The van der Waals surface area contributed by atoms with Crippen molar-refractivity contribution in [3.8, 4) is 5.75 Å². The van der Waals surface area contributed by atoms with Crippen molar-refractivity contribution in [2.75, 3.05) is 31.5 Å². The van der Waals surface area contributed by atoms with E-state index >= 15 is 0 Å². The number of nitrogens with one attached hydrogen (secondary N) is 1. The van der Waals surface area contributed by atoms with Gasteiger partial charge in [-0.05, 0) is 43.2 Å². The summed E-state index contributed by atoms with van der Waals surface area (Å²) < 4.78 is 27.6. The number of amides is 2. The normalized spacial score (nSPS) is 14.7. The van der Waals surface area contributed by atoms with Crippen LogP contribution in [0.25, 0.3) is 10.8 Å². The van der Waals surface area contributed by atoms with Crippen LogP contribution in [-0.2, 0) is 19.6 Å². The first-order valence-corrected chi connectivity index (χ1v) is 13.0. The van der Waals surface area contributed by atoms with Gasteiger partial charge < -0.3 is 15.3 Å². The zero-order valence-corrected chi connectivity index (χ0v) is 20.6. The van der Waals surface area contributed by atoms with Gasteiger partial charge in [0.1, 0.15) is 5.75 Å². The van der Waals surface area contributed by atoms with Gasteiger partial charge in [0.25, 0.3) is 0 Å². The molecule has 4 rings (SSSR count). The summed E-state index contributed by atoms with van der Waals surface area (Å²) in [4.78, 5) is 27.1. The molecule has 35 heavy (non-hydrogen) atoms. The number of phenolic OH excluding ortho intramolecular Hbond substituents is 1. The summed E-state index contributed by atoms with van der Waals surface area (Å²) in [6.07, 6.45) is 0.0423. The van der Waals surface area contributed by atoms with Gasteiger partial charge in [-0.25, -0.2) is 8.42 Å². The van der Waals surface area contributed by atoms with Crippen LogP contribution in [0, 0.1) is 13.8 Å². The third-order valence-corrected chi connectivity index (χ3v) is 8.33. The average molecular weight is 496 g/mol. The number of benzene rings is 3. The second-order valence-electron chi connectivity index (χ2n) is 8.78. The molecule has 1 fully saturated rings. The number of carbonyl (C=O) groups is 2. The van der Waals surface area contributed by atoms with Gasteiger partial charge in [-0.15, -0.1) is 0 Å². The van der Waals surface area contributed by atoms with Crippen molar-refractivity contribution >= 4 is 38.3 Å². The molecule has 1 aliphatic heterocycles. The molecule has 2 amide bonds. The largest absolute Gasteiger partial charge is 0.507 e. The molecule has 0 bridgehead atoms. The van der Waals surface area contributed by atoms with E-state index in [1.165, 1.54) is 10.4 Å². The predicted octanol–water partition coefficient (Wildman–Crippen LogP) is 3.41. The van der Waals surface area contributed by atoms with Crippen molar-refractivity contribution < 1.29 is 23.1 Å². The number of aromatic hydroxyl groups is 1. The Bertz CT molecular complexity index is 1380. The fourth-order valence-corrected chi connectivity index (χ4v) is 6.02. The van der Waals surface area contributed by atoms with E-state index in [0.717, 1.165) is 5.56 Å². The van der Waals surface area contributed by atoms with E-state index in [-0.39, 0.29) is 56.6 Å². The molecule has 0 radical (unpaired) electrons. The standard InChI is InChI=1S/C26H29N3O5S/c1-18-7-8-19(2)24(17-18)35(33,34)29-15-13-28(14-16-29)26(32)12-11-25(31)27-22-9-10-23(30)21-6-4-3-5-20(21)22/h3-10,17,30H,11-16H2,1-2H3,(H,27,31). The number of anilines is 1. The molecule has 9 heteroatoms. The van der Waals surface area contributed by atoms with Crippen molar-refractivity contribution in [3.63, 3.8) is 0 Å². The Labute approximate surface area is 205 Å². The van der Waals surface area contributed by atoms with Gasteiger partial charge in [0.05, 0.1) is 4.90 Å². The Hall–Kier alpha value is -3.43. The Kier molecular flexibility index (Phi) is 7.09. The summed E-state index contributed by atoms with van der Waals surface area (Å²) in [5, 5.41) is 14.2. The fourth-order valence-electron chi connectivity index (χ4n) is 4.29. The summed E-state index contributed by atoms with van der Waals surface area (Å²) in [5.74, 6) is -0.350. The molecule has 0 atom stereocenters. The number of fused-ring (bicyclic) bond motifs is 1. The number of piperazine rings is 1. The maximum absolute atomic E-state index is 13.1. The topological polar surface area (TPSA) is 107 Å². The highest BCUT2D eigenvalue weighted by Crippen LogP contribution is 2.30. The third-order valence-electron chi connectivity index (χ3n) is 6.29. The summed E-state index contributed by atoms with van der Waals surface area (Å²) in [6, 6.07) is 15.7. The number of carbonyl (C=O) groups excluding carboxylic acids is 2. The minimum atomic E-state index is -3.63. The van der Waals surface area contributed by atoms with E-state index in [0.29, 0.717) is 26.9 Å². The number of phenols is 1. The SMILES string of the molecule is Cc1ccc(C)c(S(=O)(=O)N2CCN(C(=O)CCC(=O)Nc3ccc(O)c4ccccc34)CC2)c1. The molecular weight excluding hydrogens is 466 g/mol. The first-order valence-electron chi connectivity index (χ1n) is 11.5. The van der Waals surface area contributed by atoms with Crippen molar-refractivity contribution in [2.45, 2.75) is 31.6 Å². The van der Waals surface area contributed by atoms with E-state index in [1.54, 1.807) is 42.2 Å². The van der Waals surface area contributed by atoms with Crippen LogP contribution >= 0.6 is 0 Å². The highest BCUT2D eigenvalue weighted by atomic mass is 32.2. The molecule has 1 saturated heterocycles. The van der Waals surface area contributed by atoms with Gasteiger partial charge in [-0.2, -0.15) is 4.31 Å². The number of nitrogens with zero attached hydrogens (tertiary/aromatic N) is 2. The van der Waals surface area contributed by atoms with Crippen LogP contribution in [0.15, 0.2) is 59.5 Å². The number of aryl methyl sites for hydroxylation is 2. The van der Waals surface area contributed by atoms with Gasteiger partial charge in [0, 0.05) is 55.5 Å². The fraction of sp³-hybridized carbons (Fsp3) is 0.308. The van der Waals surface area contributed by atoms with Crippen LogP contribution in [0.5, 0.6) is 5.75 Å². The van der Waals surface area contributed by atoms with Crippen LogP contribution in [0.1, 0.15) is 24.0 Å². The zero-order chi connectivity index (χ0) is 25.2. The Morgan fingerprint density at radius 1 is 0.914 bits per heavy atom. The van der Waals surface area contributed by atoms with Crippen LogP contribution in [0.2, 0.25) is 0 Å². The number of hydrogen-bond acceptors (Lipinski definition) is 5. The molecule has 0 aliphatic carbocycles. The molecule has 8 nitrogen and oxygen atoms in total. The molecule has 0 saturated carbocycles. The first kappa shape index (κ1) is 24.7. The van der Waals surface area contributed by atoms with E-state index in [1.807, 2.05) is 25.1 Å². The molecule has 1 heterocycles. The van der Waals surface area contributed by atoms with E-state index < -0.39 is 10.0 Å². The average Bonchev–Trinajstić information content (AvgIpc) is 2.86. The first-order chi connectivity index (χ1) is 16.7. The van der Waals surface area contributed by atoms with Crippen molar-refractivity contribution in [1.82, 2.24) is 9.21 Å². The molecule has 0 spiro atoms. The quantitative estimate of drug-likeness (QED) is 0.510. The minimum absolute atomic E-state index is 0.00896. The lowest BCUT2D eigenvalue weighted by molar-refractivity contribution is -0.133. The smallest absolute Gasteiger partial charge is 0.243 e. The molecule has 0 aromatic heterocycles. The van der Waals surface area contributed by atoms with Crippen molar-refractivity contribution in [3.05, 3.63) is 65.7 Å². The van der Waals surface area contributed by atoms with Crippen LogP contribution in [0.4, 0.5) is 5.69 Å². The minimum Gasteiger partial charge on any atom is -0.507 e. The zero-order valence-electron chi connectivity index (χ0n) is 19.8. The Morgan fingerprint density at radius 2 is 1.60 bits per heavy atom. The van der Waals surface area contributed by atoms with Gasteiger partial charge in [-0.3, -0.25) is 9.59 Å². The molecule has 184 valence electrons. The molecule has 3 aromatic rings. The van der Waals surface area contributed by atoms with Gasteiger partial charge >= 0.3 is 0 Å². The number of rotatable bonds is 6. The van der Waals surface area contributed by atoms with Crippen molar-refractivity contribution in [2.24, 2.45) is 0 Å². The summed E-state index contributed by atoms with van der Waals surface area (Å²) in [5.41, 5.74) is 2.14. The maximum Gasteiger partial charge on any atom is 0.243 e. The summed E-state index contributed by atoms with van der Waals surface area (Å²) in [6.45, 7) is 4.63. The lowest BCUT2D eigenvalue weighted by Crippen LogP contribution is -2.50. The molecule has 1 aliphatic rings. The van der Waals surface area contributed by atoms with E-state index in [4.69, 9.17) is 0 Å². The number of sulfonamides is 1. The van der Waals surface area contributed by atoms with Crippen LogP contribution in [0.3, 0.4) is 0 Å². The van der Waals surface area contributed by atoms with E-state index in [9.17, 15) is 23.1 Å². The van der Waals surface area contributed by atoms with Gasteiger partial charge in [0.15, 0.2) is 0 Å².